The van der Waals surface area contributed by atoms with Crippen LogP contribution in [0.15, 0.2) is 29.3 Å². The number of nitrogens with one attached hydrogen (secondary N) is 2. The van der Waals surface area contributed by atoms with E-state index >= 15 is 0 Å². The third kappa shape index (κ3) is 1.50. The molecule has 2 heterocycles. The molecule has 0 radical (unpaired) electrons. The van der Waals surface area contributed by atoms with Crippen molar-refractivity contribution in [3.05, 3.63) is 35.6 Å². The van der Waals surface area contributed by atoms with Gasteiger partial charge in [0.15, 0.2) is 0 Å². The Hall–Kier alpha value is -1.42. The van der Waals surface area contributed by atoms with Gasteiger partial charge in [-0.05, 0) is 19.0 Å². The van der Waals surface area contributed by atoms with Crippen LogP contribution >= 0.6 is 0 Å². The van der Waals surface area contributed by atoms with Crippen LogP contribution in [0.5, 0.6) is 0 Å². The normalized spacial score (nSPS) is 32.2. The molecule has 3 atom stereocenters. The van der Waals surface area contributed by atoms with Gasteiger partial charge in [0.05, 0.1) is 24.5 Å². The number of fused-ring (bicyclic) bond motifs is 1. The van der Waals surface area contributed by atoms with E-state index in [-0.39, 0.29) is 17.9 Å². The van der Waals surface area contributed by atoms with Crippen LogP contribution in [0.4, 0.5) is 4.39 Å². The molecule has 0 aromatic heterocycles. The summed E-state index contributed by atoms with van der Waals surface area (Å²) in [6, 6.07) is 7.39. The predicted molar refractivity (Wildman–Crippen MR) is 61.0 cm³/mol. The zero-order chi connectivity index (χ0) is 11.0. The van der Waals surface area contributed by atoms with Crippen molar-refractivity contribution >= 4 is 6.34 Å². The number of benzene rings is 1. The molecular weight excluding hydrogens is 205 g/mol. The van der Waals surface area contributed by atoms with Gasteiger partial charge in [-0.3, -0.25) is 4.99 Å². The maximum Gasteiger partial charge on any atom is 0.128 e. The van der Waals surface area contributed by atoms with Crippen molar-refractivity contribution in [3.63, 3.8) is 0 Å². The molecule has 0 saturated carbocycles. The Bertz CT molecular complexity index is 418. The third-order valence-corrected chi connectivity index (χ3v) is 3.35. The van der Waals surface area contributed by atoms with E-state index in [1.165, 1.54) is 6.07 Å². The van der Waals surface area contributed by atoms with E-state index in [4.69, 9.17) is 0 Å². The van der Waals surface area contributed by atoms with Crippen LogP contribution in [-0.2, 0) is 0 Å². The zero-order valence-corrected chi connectivity index (χ0v) is 8.86. The van der Waals surface area contributed by atoms with Crippen LogP contribution in [0.3, 0.4) is 0 Å². The molecule has 1 aromatic rings. The van der Waals surface area contributed by atoms with E-state index in [0.717, 1.165) is 18.5 Å². The molecule has 16 heavy (non-hydrogen) atoms. The topological polar surface area (TPSA) is 36.4 Å². The second kappa shape index (κ2) is 3.87. The van der Waals surface area contributed by atoms with E-state index in [0.29, 0.717) is 6.04 Å². The van der Waals surface area contributed by atoms with Crippen LogP contribution in [0.1, 0.15) is 18.0 Å². The van der Waals surface area contributed by atoms with Crippen LogP contribution in [-0.4, -0.2) is 25.0 Å². The maximum atomic E-state index is 13.7. The monoisotopic (exact) mass is 219 g/mol. The molecule has 84 valence electrons. The number of piperidine rings is 1. The fourth-order valence-electron chi connectivity index (χ4n) is 2.54. The van der Waals surface area contributed by atoms with Crippen molar-refractivity contribution < 1.29 is 4.39 Å². The summed E-state index contributed by atoms with van der Waals surface area (Å²) in [5.74, 6) is -0.150. The van der Waals surface area contributed by atoms with Crippen molar-refractivity contribution in [1.29, 1.82) is 0 Å². The zero-order valence-electron chi connectivity index (χ0n) is 8.86. The van der Waals surface area contributed by atoms with Crippen LogP contribution < -0.4 is 10.6 Å². The Labute approximate surface area is 93.8 Å². The van der Waals surface area contributed by atoms with Gasteiger partial charge in [0.25, 0.3) is 0 Å². The number of aliphatic imine (C=N–C) groups is 1. The molecule has 2 N–H and O–H groups in total. The fourth-order valence-corrected chi connectivity index (χ4v) is 2.54. The minimum absolute atomic E-state index is 0.00815. The molecule has 0 aliphatic carbocycles. The minimum atomic E-state index is -0.150. The lowest BCUT2D eigenvalue weighted by atomic mass is 9.89. The first-order valence-corrected chi connectivity index (χ1v) is 5.62. The van der Waals surface area contributed by atoms with Crippen molar-refractivity contribution in [3.8, 4) is 0 Å². The highest BCUT2D eigenvalue weighted by atomic mass is 19.1. The molecule has 1 fully saturated rings. The lowest BCUT2D eigenvalue weighted by Gasteiger charge is -2.33. The molecule has 1 saturated heterocycles. The molecule has 0 amide bonds. The van der Waals surface area contributed by atoms with Crippen molar-refractivity contribution in [2.45, 2.75) is 24.5 Å². The van der Waals surface area contributed by atoms with E-state index in [1.54, 1.807) is 12.4 Å². The number of hydrogen-bond acceptors (Lipinski definition) is 3. The summed E-state index contributed by atoms with van der Waals surface area (Å²) in [6.07, 6.45) is 2.78. The van der Waals surface area contributed by atoms with Gasteiger partial charge in [0.2, 0.25) is 0 Å². The standard InChI is InChI=1S/C12H14FN3/c13-9-4-2-1-3-8(9)11-12-10(5-6-14-11)15-7-16-12/h1-4,7,10-12,14H,5-6H2,(H,15,16)/t10-,11+,12-/m1/s1. The molecule has 0 bridgehead atoms. The van der Waals surface area contributed by atoms with Gasteiger partial charge in [-0.2, -0.15) is 0 Å². The molecule has 0 unspecified atom stereocenters. The third-order valence-electron chi connectivity index (χ3n) is 3.35. The number of nitrogens with zero attached hydrogens (tertiary/aromatic N) is 1. The van der Waals surface area contributed by atoms with Crippen molar-refractivity contribution in [2.75, 3.05) is 6.54 Å². The molecule has 0 spiro atoms. The number of hydrogen-bond donors (Lipinski definition) is 2. The second-order valence-electron chi connectivity index (χ2n) is 4.28. The SMILES string of the molecule is Fc1ccccc1[C@@H]1NCC[C@H]2NC=N[C@H]21. The Morgan fingerprint density at radius 1 is 1.31 bits per heavy atom. The highest BCUT2D eigenvalue weighted by Crippen LogP contribution is 2.29. The smallest absolute Gasteiger partial charge is 0.128 e. The van der Waals surface area contributed by atoms with Crippen LogP contribution in [0, 0.1) is 5.82 Å². The molecule has 4 heteroatoms. The molecule has 2 aliphatic rings. The first kappa shape index (κ1) is 9.78. The first-order valence-electron chi connectivity index (χ1n) is 5.62. The second-order valence-corrected chi connectivity index (χ2v) is 4.28. The summed E-state index contributed by atoms with van der Waals surface area (Å²) in [6.45, 7) is 0.899. The van der Waals surface area contributed by atoms with Gasteiger partial charge >= 0.3 is 0 Å². The molecular formula is C12H14FN3. The summed E-state index contributed by atoms with van der Waals surface area (Å²) >= 11 is 0. The maximum absolute atomic E-state index is 13.7. The molecule has 3 nitrogen and oxygen atoms in total. The first-order chi connectivity index (χ1) is 7.86. The summed E-state index contributed by atoms with van der Waals surface area (Å²) in [4.78, 5) is 4.39. The Morgan fingerprint density at radius 3 is 3.06 bits per heavy atom. The Kier molecular flexibility index (Phi) is 2.36. The van der Waals surface area contributed by atoms with Gasteiger partial charge in [0, 0.05) is 5.56 Å². The highest BCUT2D eigenvalue weighted by Gasteiger charge is 2.36. The summed E-state index contributed by atoms with van der Waals surface area (Å²) < 4.78 is 13.7. The van der Waals surface area contributed by atoms with Gasteiger partial charge in [-0.15, -0.1) is 0 Å². The minimum Gasteiger partial charge on any atom is -0.371 e. The Morgan fingerprint density at radius 2 is 2.19 bits per heavy atom. The van der Waals surface area contributed by atoms with Gasteiger partial charge in [0.1, 0.15) is 5.82 Å². The van der Waals surface area contributed by atoms with Gasteiger partial charge < -0.3 is 10.6 Å². The number of halogens is 1. The van der Waals surface area contributed by atoms with Gasteiger partial charge in [-0.25, -0.2) is 4.39 Å². The Balaban J connectivity index is 1.94. The van der Waals surface area contributed by atoms with Crippen LogP contribution in [0.25, 0.3) is 0 Å². The van der Waals surface area contributed by atoms with E-state index in [2.05, 4.69) is 15.6 Å². The van der Waals surface area contributed by atoms with Crippen molar-refractivity contribution in [1.82, 2.24) is 10.6 Å². The average molecular weight is 219 g/mol. The lowest BCUT2D eigenvalue weighted by Crippen LogP contribution is -2.48. The van der Waals surface area contributed by atoms with E-state index < -0.39 is 0 Å². The number of rotatable bonds is 1. The molecule has 2 aliphatic heterocycles. The molecule has 3 rings (SSSR count). The quantitative estimate of drug-likeness (QED) is 0.745. The largest absolute Gasteiger partial charge is 0.371 e. The van der Waals surface area contributed by atoms with Crippen LogP contribution in [0.2, 0.25) is 0 Å². The van der Waals surface area contributed by atoms with E-state index in [9.17, 15) is 4.39 Å². The van der Waals surface area contributed by atoms with E-state index in [1.807, 2.05) is 12.1 Å². The molecule has 1 aromatic carbocycles. The average Bonchev–Trinajstić information content (AvgIpc) is 2.77. The summed E-state index contributed by atoms with van der Waals surface area (Å²) in [7, 11) is 0. The fraction of sp³-hybridized carbons (Fsp3) is 0.417. The summed E-state index contributed by atoms with van der Waals surface area (Å²) in [5.41, 5.74) is 0.720. The highest BCUT2D eigenvalue weighted by molar-refractivity contribution is 5.59. The lowest BCUT2D eigenvalue weighted by molar-refractivity contribution is 0.314. The van der Waals surface area contributed by atoms with Gasteiger partial charge in [-0.1, -0.05) is 18.2 Å². The predicted octanol–water partition coefficient (Wildman–Crippen LogP) is 1.23. The van der Waals surface area contributed by atoms with Crippen molar-refractivity contribution in [2.24, 2.45) is 4.99 Å². The summed E-state index contributed by atoms with van der Waals surface area (Å²) in [5, 5.41) is 6.58.